The van der Waals surface area contributed by atoms with E-state index in [-0.39, 0.29) is 6.61 Å². The Balaban J connectivity index is 2.10. The predicted molar refractivity (Wildman–Crippen MR) is 104 cm³/mol. The molecule has 2 amide bonds. The first-order valence-electron chi connectivity index (χ1n) is 7.23. The number of hydrogen-bond donors (Lipinski definition) is 5. The summed E-state index contributed by atoms with van der Waals surface area (Å²) in [4.78, 5) is 12.2. The fourth-order valence-electron chi connectivity index (χ4n) is 2.07. The number of aliphatic hydroxyl groups excluding tert-OH is 1. The van der Waals surface area contributed by atoms with E-state index in [1.807, 2.05) is 12.1 Å². The van der Waals surface area contributed by atoms with Crippen molar-refractivity contribution >= 4 is 55.0 Å². The fourth-order valence-corrected chi connectivity index (χ4v) is 2.92. The molecule has 0 spiro atoms. The van der Waals surface area contributed by atoms with Gasteiger partial charge in [0.1, 0.15) is 0 Å². The maximum absolute atomic E-state index is 12.2. The third kappa shape index (κ3) is 5.48. The highest BCUT2D eigenvalue weighted by molar-refractivity contribution is 9.10. The van der Waals surface area contributed by atoms with Crippen molar-refractivity contribution in [3.8, 4) is 0 Å². The maximum atomic E-state index is 12.2. The summed E-state index contributed by atoms with van der Waals surface area (Å²) >= 11 is 6.76. The molecule has 6 N–H and O–H groups in total. The van der Waals surface area contributed by atoms with Gasteiger partial charge in [-0.15, -0.1) is 0 Å². The number of amides is 2. The first kappa shape index (κ1) is 18.7. The molecule has 0 saturated carbocycles. The average Bonchev–Trinajstić information content (AvgIpc) is 2.52. The molecule has 0 bridgehead atoms. The highest BCUT2D eigenvalue weighted by atomic mass is 79.9. The van der Waals surface area contributed by atoms with Crippen LogP contribution in [0.5, 0.6) is 0 Å². The third-order valence-electron chi connectivity index (χ3n) is 3.12. The molecule has 128 valence electrons. The smallest absolute Gasteiger partial charge is 0.323 e. The maximum Gasteiger partial charge on any atom is 0.323 e. The van der Waals surface area contributed by atoms with E-state index in [0.29, 0.717) is 30.0 Å². The number of urea groups is 1. The van der Waals surface area contributed by atoms with Gasteiger partial charge in [0, 0.05) is 44.7 Å². The van der Waals surface area contributed by atoms with Gasteiger partial charge in [0.2, 0.25) is 0 Å². The van der Waals surface area contributed by atoms with Gasteiger partial charge in [-0.2, -0.15) is 0 Å². The van der Waals surface area contributed by atoms with Crippen LogP contribution in [0.3, 0.4) is 0 Å². The lowest BCUT2D eigenvalue weighted by Crippen LogP contribution is -2.20. The molecule has 24 heavy (non-hydrogen) atoms. The summed E-state index contributed by atoms with van der Waals surface area (Å²) < 4.78 is 1.64. The molecule has 2 aromatic carbocycles. The Labute approximate surface area is 157 Å². The monoisotopic (exact) mass is 456 g/mol. The largest absolute Gasteiger partial charge is 0.392 e. The molecule has 0 aromatic heterocycles. The summed E-state index contributed by atoms with van der Waals surface area (Å²) in [6.45, 7) is 0.996. The number of rotatable bonds is 6. The lowest BCUT2D eigenvalue weighted by molar-refractivity contribution is 0.262. The standard InChI is InChI=1S/C16H18Br2N4O2/c17-11-2-1-10(9-23)15(7-11)22-16(24)21-14-6-12(18)5-13(8-14)20-4-3-19/h1-2,5-8,20,23H,3-4,9,19H2,(H2,21,22,24). The van der Waals surface area contributed by atoms with E-state index in [1.54, 1.807) is 24.3 Å². The van der Waals surface area contributed by atoms with Crippen molar-refractivity contribution in [3.63, 3.8) is 0 Å². The Morgan fingerprint density at radius 3 is 2.50 bits per heavy atom. The van der Waals surface area contributed by atoms with Crippen molar-refractivity contribution in [3.05, 3.63) is 50.9 Å². The number of nitrogens with one attached hydrogen (secondary N) is 3. The first-order chi connectivity index (χ1) is 11.5. The van der Waals surface area contributed by atoms with E-state index < -0.39 is 6.03 Å². The van der Waals surface area contributed by atoms with Crippen LogP contribution in [0.4, 0.5) is 21.9 Å². The van der Waals surface area contributed by atoms with Gasteiger partial charge in [-0.05, 0) is 30.3 Å². The number of hydrogen-bond acceptors (Lipinski definition) is 4. The lowest BCUT2D eigenvalue weighted by Gasteiger charge is -2.13. The summed E-state index contributed by atoms with van der Waals surface area (Å²) in [5.41, 5.74) is 8.13. The molecular weight excluding hydrogens is 440 g/mol. The van der Waals surface area contributed by atoms with E-state index in [1.165, 1.54) is 0 Å². The number of aliphatic hydroxyl groups is 1. The quantitative estimate of drug-likeness (QED) is 0.456. The molecule has 2 aromatic rings. The molecule has 0 fully saturated rings. The zero-order chi connectivity index (χ0) is 17.5. The van der Waals surface area contributed by atoms with Crippen LogP contribution >= 0.6 is 31.9 Å². The highest BCUT2D eigenvalue weighted by Crippen LogP contribution is 2.24. The summed E-state index contributed by atoms with van der Waals surface area (Å²) in [5.74, 6) is 0. The zero-order valence-electron chi connectivity index (χ0n) is 12.8. The number of halogens is 2. The fraction of sp³-hybridized carbons (Fsp3) is 0.188. The van der Waals surface area contributed by atoms with E-state index in [0.717, 1.165) is 14.6 Å². The molecule has 0 aliphatic carbocycles. The minimum atomic E-state index is -0.398. The minimum absolute atomic E-state index is 0.160. The van der Waals surface area contributed by atoms with Crippen LogP contribution in [-0.2, 0) is 6.61 Å². The van der Waals surface area contributed by atoms with Crippen molar-refractivity contribution in [2.45, 2.75) is 6.61 Å². The van der Waals surface area contributed by atoms with Crippen LogP contribution in [-0.4, -0.2) is 24.2 Å². The lowest BCUT2D eigenvalue weighted by atomic mass is 10.2. The number of benzene rings is 2. The molecule has 0 radical (unpaired) electrons. The molecule has 6 nitrogen and oxygen atoms in total. The Kier molecular flexibility index (Phi) is 7.04. The first-order valence-corrected chi connectivity index (χ1v) is 8.82. The number of carbonyl (C=O) groups excluding carboxylic acids is 1. The Hall–Kier alpha value is -1.61. The molecule has 0 unspecified atom stereocenters. The van der Waals surface area contributed by atoms with Crippen LogP contribution in [0.25, 0.3) is 0 Å². The van der Waals surface area contributed by atoms with Crippen LogP contribution in [0.1, 0.15) is 5.56 Å². The minimum Gasteiger partial charge on any atom is -0.392 e. The topological polar surface area (TPSA) is 99.4 Å². The van der Waals surface area contributed by atoms with E-state index in [9.17, 15) is 9.90 Å². The van der Waals surface area contributed by atoms with Crippen LogP contribution in [0.15, 0.2) is 45.3 Å². The Morgan fingerprint density at radius 1 is 1.04 bits per heavy atom. The molecule has 2 rings (SSSR count). The number of nitrogens with two attached hydrogens (primary N) is 1. The second kappa shape index (κ2) is 9.03. The van der Waals surface area contributed by atoms with Crippen LogP contribution in [0.2, 0.25) is 0 Å². The SMILES string of the molecule is NCCNc1cc(Br)cc(NC(=O)Nc2cc(Br)ccc2CO)c1. The average molecular weight is 458 g/mol. The summed E-state index contributed by atoms with van der Waals surface area (Å²) in [6, 6.07) is 10.4. The van der Waals surface area contributed by atoms with Gasteiger partial charge in [0.15, 0.2) is 0 Å². The zero-order valence-corrected chi connectivity index (χ0v) is 15.9. The number of carbonyl (C=O) groups is 1. The summed E-state index contributed by atoms with van der Waals surface area (Å²) in [6.07, 6.45) is 0. The molecule has 8 heteroatoms. The molecule has 0 aliphatic rings. The van der Waals surface area contributed by atoms with Gasteiger partial charge in [-0.3, -0.25) is 0 Å². The second-order valence-corrected chi connectivity index (χ2v) is 6.81. The Bertz CT molecular complexity index is 725. The van der Waals surface area contributed by atoms with Gasteiger partial charge in [0.05, 0.1) is 6.61 Å². The number of anilines is 3. The van der Waals surface area contributed by atoms with Gasteiger partial charge in [-0.1, -0.05) is 37.9 Å². The molecule has 0 heterocycles. The summed E-state index contributed by atoms with van der Waals surface area (Å²) in [5, 5.41) is 18.0. The van der Waals surface area contributed by atoms with Crippen molar-refractivity contribution < 1.29 is 9.90 Å². The van der Waals surface area contributed by atoms with Crippen molar-refractivity contribution in [2.24, 2.45) is 5.73 Å². The third-order valence-corrected chi connectivity index (χ3v) is 4.07. The van der Waals surface area contributed by atoms with Gasteiger partial charge >= 0.3 is 6.03 Å². The van der Waals surface area contributed by atoms with Gasteiger partial charge < -0.3 is 26.8 Å². The highest BCUT2D eigenvalue weighted by Gasteiger charge is 2.08. The van der Waals surface area contributed by atoms with E-state index in [2.05, 4.69) is 47.8 Å². The van der Waals surface area contributed by atoms with E-state index in [4.69, 9.17) is 5.73 Å². The van der Waals surface area contributed by atoms with Crippen molar-refractivity contribution in [1.29, 1.82) is 0 Å². The van der Waals surface area contributed by atoms with Crippen LogP contribution in [0, 0.1) is 0 Å². The molecule has 0 atom stereocenters. The second-order valence-electron chi connectivity index (χ2n) is 4.98. The van der Waals surface area contributed by atoms with E-state index >= 15 is 0 Å². The van der Waals surface area contributed by atoms with Crippen LogP contribution < -0.4 is 21.7 Å². The summed E-state index contributed by atoms with van der Waals surface area (Å²) in [7, 11) is 0. The van der Waals surface area contributed by atoms with Gasteiger partial charge in [0.25, 0.3) is 0 Å². The predicted octanol–water partition coefficient (Wildman–Crippen LogP) is 3.72. The molecule has 0 saturated heterocycles. The molecular formula is C16H18Br2N4O2. The van der Waals surface area contributed by atoms with Gasteiger partial charge in [-0.25, -0.2) is 4.79 Å². The molecule has 0 aliphatic heterocycles. The normalized spacial score (nSPS) is 10.3. The van der Waals surface area contributed by atoms with Crippen molar-refractivity contribution in [2.75, 3.05) is 29.0 Å². The Morgan fingerprint density at radius 2 is 1.79 bits per heavy atom. The van der Waals surface area contributed by atoms with Crippen molar-refractivity contribution in [1.82, 2.24) is 0 Å².